The first kappa shape index (κ1) is 66.6. The normalized spacial score (nSPS) is 12.7. The maximum Gasteiger partial charge on any atom is 0.240 e. The molecule has 0 unspecified atom stereocenters. The molecule has 0 bridgehead atoms. The summed E-state index contributed by atoms with van der Waals surface area (Å²) in [4.78, 5) is 38.8. The third-order valence-corrected chi connectivity index (χ3v) is 24.8. The van der Waals surface area contributed by atoms with Crippen molar-refractivity contribution in [3.8, 4) is 52.0 Å². The third kappa shape index (κ3) is 13.2. The molecule has 0 saturated heterocycles. The van der Waals surface area contributed by atoms with Gasteiger partial charge in [-0.15, -0.1) is 0 Å². The Balaban J connectivity index is 0.000000106. The summed E-state index contributed by atoms with van der Waals surface area (Å²) in [5.41, 5.74) is 18.8. The number of fused-ring (bicyclic) bond motifs is 27. The minimum atomic E-state index is -0.486. The predicted octanol–water partition coefficient (Wildman–Crippen LogP) is 29.9. The number of benzene rings is 18. The minimum Gasteiger partial charge on any atom is -0.354 e. The van der Waals surface area contributed by atoms with Crippen molar-refractivity contribution in [2.75, 3.05) is 0 Å². The van der Waals surface area contributed by atoms with E-state index in [1.807, 2.05) is 177 Å². The molecule has 614 valence electrons. The zero-order valence-electron chi connectivity index (χ0n) is 78.9. The minimum absolute atomic E-state index is 0.0336. The number of aromatic amines is 3. The molecular weight excluding hydrogens is 1680 g/mol. The molecule has 3 N–H and O–H groups in total. The number of hydrogen-bond donors (Lipinski definition) is 3. The number of nitrogens with one attached hydrogen (secondary N) is 3. The molecule has 0 atom stereocenters. The van der Waals surface area contributed by atoms with Gasteiger partial charge in [-0.3, -0.25) is 13.7 Å². The van der Waals surface area contributed by atoms with E-state index in [0.29, 0.717) is 0 Å². The fourth-order valence-corrected chi connectivity index (χ4v) is 19.2. The molecule has 0 fully saturated rings. The van der Waals surface area contributed by atoms with Crippen molar-refractivity contribution in [2.45, 2.75) is 0 Å². The van der Waals surface area contributed by atoms with Crippen LogP contribution in [0.25, 0.3) is 226 Å². The Morgan fingerprint density at radius 3 is 1.02 bits per heavy atom. The standard InChI is InChI=1S/C45H28N6.C24H16N2.C21H13ClN4.C18H12N2.C6H5Br/c1-3-15-29(16-4-1)43-46-44(50-36-23-11-7-19-31(36)32-20-8-12-24-37(32)50)48-45(47-43)51-38-25-13-9-21-33(38)34-27-28-40-41(42(34)51)35-22-10-14-26-39(35)49(40)30-17-5-2-6-18-30;1-2-8-16(9-3-1)26-21-13-7-5-11-19(21)23-22(26)15-14-18-17-10-4-6-12-20(17)25-24(18)23;22-20-23-19(14-8-2-1-3-9-14)24-21(25-20)26-17-12-6-4-10-15(17)16-11-5-7-13-18(16)26;1-3-7-14-11(5-1)12-9-10-16-17(18(12)20-14)13-6-2-4-8-15(13)19-16;7-6-4-2-1-3-5-6/h1-28H;1-15,25H;1-13H;1-10,19-20H;1-5H/i1D,3D,4D,15D,16D;;1D,2D,3D,8D,9D;;. The van der Waals surface area contributed by atoms with E-state index in [1.165, 1.54) is 92.9 Å². The van der Waals surface area contributed by atoms with E-state index in [2.05, 4.69) is 261 Å². The van der Waals surface area contributed by atoms with Gasteiger partial charge in [0.25, 0.3) is 0 Å². The quantitative estimate of drug-likeness (QED) is 0.145. The Morgan fingerprint density at radius 1 is 0.231 bits per heavy atom. The average molecular weight is 1770 g/mol. The lowest BCUT2D eigenvalue weighted by molar-refractivity contribution is 0.894. The Hall–Kier alpha value is -16.9. The second-order valence-corrected chi connectivity index (χ2v) is 32.7. The van der Waals surface area contributed by atoms with E-state index < -0.39 is 60.4 Å². The molecule has 10 aromatic heterocycles. The molecule has 0 amide bonds. The summed E-state index contributed by atoms with van der Waals surface area (Å²) < 4.78 is 95.1. The Morgan fingerprint density at radius 2 is 0.562 bits per heavy atom. The number of hydrogen-bond acceptors (Lipinski definition) is 6. The number of nitrogens with zero attached hydrogens (tertiary/aromatic N) is 11. The maximum absolute atomic E-state index is 8.98. The summed E-state index contributed by atoms with van der Waals surface area (Å²) in [5.74, 6) is 0.565. The van der Waals surface area contributed by atoms with Crippen molar-refractivity contribution >= 4 is 202 Å². The molecule has 0 radical (unpaired) electrons. The van der Waals surface area contributed by atoms with Gasteiger partial charge >= 0.3 is 0 Å². The monoisotopic (exact) mass is 1760 g/mol. The lowest BCUT2D eigenvalue weighted by Gasteiger charge is -2.13. The van der Waals surface area contributed by atoms with E-state index in [0.717, 1.165) is 97.4 Å². The highest BCUT2D eigenvalue weighted by Crippen LogP contribution is 2.45. The molecule has 0 spiro atoms. The molecule has 10 heterocycles. The van der Waals surface area contributed by atoms with Crippen LogP contribution in [0, 0.1) is 0 Å². The van der Waals surface area contributed by atoms with E-state index in [1.54, 1.807) is 0 Å². The maximum atomic E-state index is 8.98. The van der Waals surface area contributed by atoms with Gasteiger partial charge in [-0.2, -0.15) is 29.9 Å². The molecular formula is C114H74BrClN14. The highest BCUT2D eigenvalue weighted by Gasteiger charge is 2.26. The van der Waals surface area contributed by atoms with Crippen molar-refractivity contribution in [2.24, 2.45) is 0 Å². The van der Waals surface area contributed by atoms with Crippen LogP contribution in [0.15, 0.2) is 435 Å². The Kier molecular flexibility index (Phi) is 16.5. The Labute approximate surface area is 770 Å². The van der Waals surface area contributed by atoms with Crippen LogP contribution in [0.5, 0.6) is 0 Å². The van der Waals surface area contributed by atoms with Crippen molar-refractivity contribution < 1.29 is 13.7 Å². The highest BCUT2D eigenvalue weighted by atomic mass is 79.9. The van der Waals surface area contributed by atoms with Gasteiger partial charge < -0.3 is 24.1 Å². The SMILES string of the molecule is Brc1ccccc1.[2H]c1c([2H])c([2H])c(-c2nc(-n3c4ccccc4c4ccccc43)nc(-n3c4ccccc4c4ccc5c(c6ccccc6n5-c5ccccc5)c43)n2)c([2H])c1[2H].[2H]c1c([2H])c([2H])c(-c2nc(Cl)nc(-n3c4ccccc4c4ccccc43)n2)c([2H])c1[2H].c1ccc(-n2c3ccccc3c3c4[nH]c5ccccc5c4ccc32)cc1.c1ccc2c(c1)[nH]c1c2ccc2[nH]c3ccccc3c21. The number of H-pyrrole nitrogens is 3. The van der Waals surface area contributed by atoms with Crippen LogP contribution in [-0.4, -0.2) is 67.7 Å². The molecule has 0 aliphatic heterocycles. The average Bonchev–Trinajstić information content (AvgIpc) is 1.54. The smallest absolute Gasteiger partial charge is 0.240 e. The van der Waals surface area contributed by atoms with Crippen LogP contribution in [0.1, 0.15) is 13.7 Å². The largest absolute Gasteiger partial charge is 0.354 e. The lowest BCUT2D eigenvalue weighted by atomic mass is 10.1. The van der Waals surface area contributed by atoms with Gasteiger partial charge in [0.05, 0.1) is 79.9 Å². The number of rotatable bonds is 7. The number of para-hydroxylation sites is 12. The van der Waals surface area contributed by atoms with E-state index in [-0.39, 0.29) is 45.9 Å². The topological polar surface area (TPSA) is 149 Å². The van der Waals surface area contributed by atoms with E-state index >= 15 is 0 Å². The van der Waals surface area contributed by atoms with Crippen molar-refractivity contribution in [3.05, 3.63) is 440 Å². The first-order valence-electron chi connectivity index (χ1n) is 47.4. The van der Waals surface area contributed by atoms with Gasteiger partial charge in [-0.1, -0.05) is 331 Å². The van der Waals surface area contributed by atoms with Crippen LogP contribution >= 0.6 is 27.5 Å². The summed E-state index contributed by atoms with van der Waals surface area (Å²) in [7, 11) is 0. The second-order valence-electron chi connectivity index (χ2n) is 31.4. The first-order chi connectivity index (χ1) is 68.5. The summed E-state index contributed by atoms with van der Waals surface area (Å²) in [6.07, 6.45) is 0. The van der Waals surface area contributed by atoms with E-state index in [4.69, 9.17) is 40.3 Å². The van der Waals surface area contributed by atoms with Gasteiger partial charge in [-0.05, 0) is 127 Å². The number of halogens is 2. The predicted molar refractivity (Wildman–Crippen MR) is 542 cm³/mol. The molecule has 0 aliphatic carbocycles. The molecule has 14 nitrogen and oxygen atoms in total. The third-order valence-electron chi connectivity index (χ3n) is 24.1. The van der Waals surface area contributed by atoms with Crippen molar-refractivity contribution in [3.63, 3.8) is 0 Å². The fraction of sp³-hybridized carbons (Fsp3) is 0. The summed E-state index contributed by atoms with van der Waals surface area (Å²) in [6, 6.07) is 122. The molecule has 0 saturated carbocycles. The molecule has 130 heavy (non-hydrogen) atoms. The zero-order chi connectivity index (χ0) is 95.0. The van der Waals surface area contributed by atoms with Gasteiger partial charge in [0, 0.05) is 135 Å². The van der Waals surface area contributed by atoms with E-state index in [9.17, 15) is 0 Å². The highest BCUT2D eigenvalue weighted by molar-refractivity contribution is 9.10. The van der Waals surface area contributed by atoms with Crippen LogP contribution in [0.3, 0.4) is 0 Å². The first-order valence-corrected chi connectivity index (χ1v) is 43.6. The summed E-state index contributed by atoms with van der Waals surface area (Å²) in [6.45, 7) is 0. The summed E-state index contributed by atoms with van der Waals surface area (Å²) >= 11 is 9.52. The van der Waals surface area contributed by atoms with Gasteiger partial charge in [0.2, 0.25) is 23.1 Å². The van der Waals surface area contributed by atoms with Crippen LogP contribution in [0.4, 0.5) is 0 Å². The Bertz CT molecular complexity index is 9760. The van der Waals surface area contributed by atoms with Crippen molar-refractivity contribution in [1.29, 1.82) is 0 Å². The molecule has 0 aliphatic rings. The van der Waals surface area contributed by atoms with Gasteiger partial charge in [-0.25, -0.2) is 0 Å². The van der Waals surface area contributed by atoms with Gasteiger partial charge in [0.15, 0.2) is 11.6 Å². The molecule has 28 rings (SSSR count). The summed E-state index contributed by atoms with van der Waals surface area (Å²) in [5, 5.41) is 18.2. The molecule has 16 heteroatoms. The second kappa shape index (κ2) is 32.3. The zero-order valence-corrected chi connectivity index (χ0v) is 71.2. The fourth-order valence-electron chi connectivity index (χ4n) is 18.7. The molecule has 28 aromatic rings. The number of aromatic nitrogens is 14. The van der Waals surface area contributed by atoms with Crippen LogP contribution in [-0.2, 0) is 0 Å². The van der Waals surface area contributed by atoms with Crippen molar-refractivity contribution in [1.82, 2.24) is 67.7 Å². The lowest BCUT2D eigenvalue weighted by Crippen LogP contribution is -2.10. The molecule has 18 aromatic carbocycles. The van der Waals surface area contributed by atoms with Gasteiger partial charge in [0.1, 0.15) is 0 Å². The van der Waals surface area contributed by atoms with Crippen LogP contribution in [0.2, 0.25) is 5.28 Å². The van der Waals surface area contributed by atoms with Crippen LogP contribution < -0.4 is 0 Å².